The van der Waals surface area contributed by atoms with Crippen molar-refractivity contribution < 1.29 is 27.8 Å². The number of carbonyl (C=O) groups is 1. The minimum absolute atomic E-state index is 0.110. The summed E-state index contributed by atoms with van der Waals surface area (Å²) in [6.45, 7) is 3.52. The van der Waals surface area contributed by atoms with E-state index in [0.29, 0.717) is 0 Å². The van der Waals surface area contributed by atoms with Gasteiger partial charge in [-0.05, 0) is 18.6 Å². The lowest BCUT2D eigenvalue weighted by Gasteiger charge is -2.41. The van der Waals surface area contributed by atoms with Gasteiger partial charge in [0.2, 0.25) is 0 Å². The van der Waals surface area contributed by atoms with Crippen LogP contribution >= 0.6 is 0 Å². The van der Waals surface area contributed by atoms with Gasteiger partial charge in [0.05, 0.1) is 30.0 Å². The van der Waals surface area contributed by atoms with Gasteiger partial charge in [-0.15, -0.1) is 0 Å². The Bertz CT molecular complexity index is 657. The molecule has 24 heavy (non-hydrogen) atoms. The van der Waals surface area contributed by atoms with Crippen molar-refractivity contribution in [2.24, 2.45) is 11.8 Å². The van der Waals surface area contributed by atoms with Crippen molar-refractivity contribution in [3.8, 4) is 0 Å². The average Bonchev–Trinajstić information content (AvgIpc) is 2.59. The molecule has 1 aromatic carbocycles. The summed E-state index contributed by atoms with van der Waals surface area (Å²) in [7, 11) is -2.17. The minimum Gasteiger partial charge on any atom is -0.467 e. The van der Waals surface area contributed by atoms with E-state index in [9.17, 15) is 18.3 Å². The van der Waals surface area contributed by atoms with E-state index in [-0.39, 0.29) is 23.0 Å². The summed E-state index contributed by atoms with van der Waals surface area (Å²) < 4.78 is 35.3. The van der Waals surface area contributed by atoms with E-state index >= 15 is 0 Å². The number of hydrogen-bond acceptors (Lipinski definition) is 6. The van der Waals surface area contributed by atoms with Crippen molar-refractivity contribution >= 4 is 15.8 Å². The van der Waals surface area contributed by atoms with E-state index in [1.165, 1.54) is 7.11 Å². The van der Waals surface area contributed by atoms with Crippen LogP contribution in [-0.4, -0.2) is 50.7 Å². The predicted octanol–water partition coefficient (Wildman–Crippen LogP) is 1.42. The highest BCUT2D eigenvalue weighted by atomic mass is 32.2. The van der Waals surface area contributed by atoms with Crippen LogP contribution in [0.15, 0.2) is 35.2 Å². The molecule has 1 fully saturated rings. The number of esters is 1. The zero-order valence-corrected chi connectivity index (χ0v) is 14.9. The molecule has 1 aliphatic rings. The first kappa shape index (κ1) is 18.9. The fraction of sp³-hybridized carbons (Fsp3) is 0.588. The Balaban J connectivity index is 2.09. The topological polar surface area (TPSA) is 89.9 Å². The van der Waals surface area contributed by atoms with Gasteiger partial charge in [-0.1, -0.05) is 32.0 Å². The number of carbonyl (C=O) groups excluding carboxylic acids is 1. The first-order chi connectivity index (χ1) is 11.3. The monoisotopic (exact) mass is 356 g/mol. The van der Waals surface area contributed by atoms with Crippen LogP contribution in [0.25, 0.3) is 0 Å². The third-order valence-corrected chi connectivity index (χ3v) is 6.43. The molecule has 0 aliphatic carbocycles. The van der Waals surface area contributed by atoms with Gasteiger partial charge in [0.25, 0.3) is 0 Å². The number of benzene rings is 1. The molecule has 1 N–H and O–H groups in total. The molecule has 1 saturated heterocycles. The van der Waals surface area contributed by atoms with Crippen molar-refractivity contribution in [1.82, 2.24) is 0 Å². The minimum atomic E-state index is -3.44. The lowest BCUT2D eigenvalue weighted by Crippen LogP contribution is -2.52. The summed E-state index contributed by atoms with van der Waals surface area (Å²) >= 11 is 0. The molecule has 0 saturated carbocycles. The highest BCUT2D eigenvalue weighted by Crippen LogP contribution is 2.32. The van der Waals surface area contributed by atoms with Crippen molar-refractivity contribution in [3.63, 3.8) is 0 Å². The van der Waals surface area contributed by atoms with Crippen molar-refractivity contribution in [1.29, 1.82) is 0 Å². The summed E-state index contributed by atoms with van der Waals surface area (Å²) in [6, 6.07) is 8.20. The molecule has 5 atom stereocenters. The quantitative estimate of drug-likeness (QED) is 0.803. The number of rotatable bonds is 5. The molecular weight excluding hydrogens is 332 g/mol. The predicted molar refractivity (Wildman–Crippen MR) is 88.1 cm³/mol. The van der Waals surface area contributed by atoms with E-state index in [1.54, 1.807) is 44.2 Å². The van der Waals surface area contributed by atoms with Gasteiger partial charge in [0.1, 0.15) is 0 Å². The lowest BCUT2D eigenvalue weighted by molar-refractivity contribution is -0.193. The molecule has 0 radical (unpaired) electrons. The summed E-state index contributed by atoms with van der Waals surface area (Å²) in [5.41, 5.74) is 0. The average molecular weight is 356 g/mol. The van der Waals surface area contributed by atoms with Crippen LogP contribution in [-0.2, 0) is 24.1 Å². The zero-order chi connectivity index (χ0) is 17.9. The van der Waals surface area contributed by atoms with E-state index < -0.39 is 40.0 Å². The number of methoxy groups -OCH3 is 1. The summed E-state index contributed by atoms with van der Waals surface area (Å²) in [5.74, 6) is -1.34. The highest BCUT2D eigenvalue weighted by molar-refractivity contribution is 7.91. The molecule has 2 rings (SSSR count). The van der Waals surface area contributed by atoms with E-state index in [4.69, 9.17) is 9.47 Å². The summed E-state index contributed by atoms with van der Waals surface area (Å²) in [6.07, 6.45) is -1.97. The van der Waals surface area contributed by atoms with E-state index in [2.05, 4.69) is 0 Å². The van der Waals surface area contributed by atoms with Crippen LogP contribution in [0.2, 0.25) is 0 Å². The molecule has 7 heteroatoms. The highest BCUT2D eigenvalue weighted by Gasteiger charge is 2.44. The second-order valence-corrected chi connectivity index (χ2v) is 8.36. The standard InChI is InChI=1S/C17H24O6S/c1-11-14(23-16(17(19)22-3)12(2)15(11)18)9-10-24(20,21)13-7-5-4-6-8-13/h4-8,11-12,14-16,18H,9-10H2,1-3H3/t11-,12-,14+,15-,16?/m0/s1. The van der Waals surface area contributed by atoms with Crippen LogP contribution in [0.3, 0.4) is 0 Å². The second kappa shape index (κ2) is 7.63. The summed E-state index contributed by atoms with van der Waals surface area (Å²) in [4.78, 5) is 12.1. The third-order valence-electron chi connectivity index (χ3n) is 4.67. The lowest BCUT2D eigenvalue weighted by atomic mass is 9.82. The second-order valence-electron chi connectivity index (χ2n) is 6.25. The molecule has 0 bridgehead atoms. The first-order valence-electron chi connectivity index (χ1n) is 7.97. The number of ether oxygens (including phenoxy) is 2. The van der Waals surface area contributed by atoms with Gasteiger partial charge in [-0.2, -0.15) is 0 Å². The molecule has 1 heterocycles. The smallest absolute Gasteiger partial charge is 0.335 e. The maximum absolute atomic E-state index is 12.4. The number of hydrogen-bond donors (Lipinski definition) is 1. The fourth-order valence-electron chi connectivity index (χ4n) is 3.05. The summed E-state index contributed by atoms with van der Waals surface area (Å²) in [5, 5.41) is 10.3. The van der Waals surface area contributed by atoms with Crippen LogP contribution in [0.5, 0.6) is 0 Å². The van der Waals surface area contributed by atoms with Gasteiger partial charge >= 0.3 is 5.97 Å². The Hall–Kier alpha value is -1.44. The zero-order valence-electron chi connectivity index (χ0n) is 14.1. The maximum Gasteiger partial charge on any atom is 0.335 e. The van der Waals surface area contributed by atoms with Crippen LogP contribution in [0.1, 0.15) is 20.3 Å². The molecule has 134 valence electrons. The number of sulfone groups is 1. The normalized spacial score (nSPS) is 30.8. The first-order valence-corrected chi connectivity index (χ1v) is 9.62. The third kappa shape index (κ3) is 3.96. The molecule has 1 unspecified atom stereocenters. The van der Waals surface area contributed by atoms with E-state index in [0.717, 1.165) is 0 Å². The molecule has 6 nitrogen and oxygen atoms in total. The van der Waals surface area contributed by atoms with Crippen LogP contribution in [0.4, 0.5) is 0 Å². The van der Waals surface area contributed by atoms with Crippen LogP contribution < -0.4 is 0 Å². The van der Waals surface area contributed by atoms with Crippen molar-refractivity contribution in [3.05, 3.63) is 30.3 Å². The van der Waals surface area contributed by atoms with Gasteiger partial charge in [0, 0.05) is 11.8 Å². The molecule has 0 aromatic heterocycles. The molecule has 1 aromatic rings. The number of aliphatic hydroxyl groups is 1. The molecule has 0 amide bonds. The Morgan fingerprint density at radius 1 is 1.21 bits per heavy atom. The van der Waals surface area contributed by atoms with Crippen LogP contribution in [0, 0.1) is 11.8 Å². The van der Waals surface area contributed by atoms with Gasteiger partial charge < -0.3 is 14.6 Å². The van der Waals surface area contributed by atoms with E-state index in [1.807, 2.05) is 0 Å². The Kier molecular flexibility index (Phi) is 6.01. The fourth-order valence-corrected chi connectivity index (χ4v) is 4.40. The Morgan fingerprint density at radius 3 is 2.42 bits per heavy atom. The maximum atomic E-state index is 12.4. The SMILES string of the molecule is COC(=O)C1O[C@H](CCS(=O)(=O)c2ccccc2)[C@H](C)[C@H](O)[C@@H]1C. The molecule has 0 spiro atoms. The van der Waals surface area contributed by atoms with Gasteiger partial charge in [-0.25, -0.2) is 13.2 Å². The molecule has 1 aliphatic heterocycles. The largest absolute Gasteiger partial charge is 0.467 e. The number of aliphatic hydroxyl groups excluding tert-OH is 1. The van der Waals surface area contributed by atoms with Crippen molar-refractivity contribution in [2.45, 2.75) is 43.5 Å². The van der Waals surface area contributed by atoms with Gasteiger partial charge in [0.15, 0.2) is 15.9 Å². The van der Waals surface area contributed by atoms with Gasteiger partial charge in [-0.3, -0.25) is 0 Å². The van der Waals surface area contributed by atoms with Crippen molar-refractivity contribution in [2.75, 3.05) is 12.9 Å². The Morgan fingerprint density at radius 2 is 1.83 bits per heavy atom. The molecular formula is C17H24O6S. The Labute approximate surface area is 142 Å².